The Bertz CT molecular complexity index is 1200. The second kappa shape index (κ2) is 9.66. The lowest BCUT2D eigenvalue weighted by molar-refractivity contribution is -0.144. The lowest BCUT2D eigenvalue weighted by Crippen LogP contribution is -2.30. The molecule has 0 aliphatic carbocycles. The smallest absolute Gasteiger partial charge is 0.328 e. The van der Waals surface area contributed by atoms with E-state index >= 15 is 0 Å². The SMILES string of the molecule is CCOC(=O)C(CC)Nc1cc(CO)cc(Nc2c3ccccc3nc3ccccc23)c1. The minimum absolute atomic E-state index is 0.113. The van der Waals surface area contributed by atoms with Crippen LogP contribution in [0.25, 0.3) is 21.8 Å². The van der Waals surface area contributed by atoms with E-state index in [-0.39, 0.29) is 12.6 Å². The molecule has 32 heavy (non-hydrogen) atoms. The van der Waals surface area contributed by atoms with Crippen LogP contribution in [-0.2, 0) is 16.1 Å². The molecule has 4 rings (SSSR count). The molecule has 1 atom stereocenters. The van der Waals surface area contributed by atoms with Crippen LogP contribution in [0, 0.1) is 0 Å². The van der Waals surface area contributed by atoms with Gasteiger partial charge in [-0.15, -0.1) is 0 Å². The molecule has 6 heteroatoms. The fourth-order valence-electron chi connectivity index (χ4n) is 3.83. The number of aliphatic hydroxyl groups excluding tert-OH is 1. The first-order valence-electron chi connectivity index (χ1n) is 10.9. The summed E-state index contributed by atoms with van der Waals surface area (Å²) in [6.07, 6.45) is 0.588. The van der Waals surface area contributed by atoms with Gasteiger partial charge in [0.2, 0.25) is 0 Å². The summed E-state index contributed by atoms with van der Waals surface area (Å²) in [7, 11) is 0. The number of benzene rings is 3. The normalized spacial score (nSPS) is 12.0. The second-order valence-corrected chi connectivity index (χ2v) is 7.58. The average Bonchev–Trinajstić information content (AvgIpc) is 2.82. The number of hydrogen-bond donors (Lipinski definition) is 3. The van der Waals surface area contributed by atoms with E-state index < -0.39 is 6.04 Å². The zero-order chi connectivity index (χ0) is 22.5. The number of ether oxygens (including phenoxy) is 1. The van der Waals surface area contributed by atoms with Crippen LogP contribution in [0.3, 0.4) is 0 Å². The van der Waals surface area contributed by atoms with Crippen molar-refractivity contribution in [2.24, 2.45) is 0 Å². The van der Waals surface area contributed by atoms with Gasteiger partial charge in [-0.05, 0) is 49.2 Å². The van der Waals surface area contributed by atoms with Crippen molar-refractivity contribution in [1.29, 1.82) is 0 Å². The summed E-state index contributed by atoms with van der Waals surface area (Å²) < 4.78 is 5.17. The lowest BCUT2D eigenvalue weighted by Gasteiger charge is -2.19. The molecule has 3 aromatic carbocycles. The molecular formula is C26H27N3O3. The number of rotatable bonds is 8. The number of nitrogens with one attached hydrogen (secondary N) is 2. The highest BCUT2D eigenvalue weighted by molar-refractivity contribution is 6.08. The number of nitrogens with zero attached hydrogens (tertiary/aromatic N) is 1. The van der Waals surface area contributed by atoms with Crippen LogP contribution < -0.4 is 10.6 Å². The Balaban J connectivity index is 1.75. The number of para-hydroxylation sites is 2. The summed E-state index contributed by atoms with van der Waals surface area (Å²) in [5, 5.41) is 18.6. The Hall–Kier alpha value is -3.64. The van der Waals surface area contributed by atoms with Crippen molar-refractivity contribution in [3.05, 3.63) is 72.3 Å². The number of anilines is 3. The van der Waals surface area contributed by atoms with Gasteiger partial charge < -0.3 is 20.5 Å². The Morgan fingerprint density at radius 1 is 0.969 bits per heavy atom. The molecular weight excluding hydrogens is 402 g/mol. The van der Waals surface area contributed by atoms with E-state index in [1.165, 1.54) is 0 Å². The quantitative estimate of drug-likeness (QED) is 0.258. The third-order valence-corrected chi connectivity index (χ3v) is 5.35. The summed E-state index contributed by atoms with van der Waals surface area (Å²) in [5.41, 5.74) is 5.03. The van der Waals surface area contributed by atoms with Crippen LogP contribution in [0.2, 0.25) is 0 Å². The Morgan fingerprint density at radius 3 is 2.19 bits per heavy atom. The molecule has 0 saturated heterocycles. The highest BCUT2D eigenvalue weighted by atomic mass is 16.5. The van der Waals surface area contributed by atoms with Crippen molar-refractivity contribution >= 4 is 44.8 Å². The van der Waals surface area contributed by atoms with E-state index in [1.54, 1.807) is 6.92 Å². The summed E-state index contributed by atoms with van der Waals surface area (Å²) in [5.74, 6) is -0.287. The Labute approximate surface area is 187 Å². The van der Waals surface area contributed by atoms with Crippen LogP contribution >= 0.6 is 0 Å². The van der Waals surface area contributed by atoms with E-state index in [0.717, 1.165) is 44.4 Å². The van der Waals surface area contributed by atoms with Gasteiger partial charge in [0.15, 0.2) is 0 Å². The van der Waals surface area contributed by atoms with Crippen molar-refractivity contribution < 1.29 is 14.6 Å². The Morgan fingerprint density at radius 2 is 1.59 bits per heavy atom. The number of carbonyl (C=O) groups is 1. The first-order valence-corrected chi connectivity index (χ1v) is 10.9. The largest absolute Gasteiger partial charge is 0.464 e. The third kappa shape index (κ3) is 4.50. The molecule has 0 aliphatic rings. The van der Waals surface area contributed by atoms with Gasteiger partial charge in [-0.1, -0.05) is 43.3 Å². The summed E-state index contributed by atoms with van der Waals surface area (Å²) in [4.78, 5) is 17.0. The molecule has 4 aromatic rings. The number of aromatic nitrogens is 1. The average molecular weight is 430 g/mol. The topological polar surface area (TPSA) is 83.5 Å². The number of esters is 1. The molecule has 1 heterocycles. The highest BCUT2D eigenvalue weighted by Crippen LogP contribution is 2.34. The van der Waals surface area contributed by atoms with Crippen molar-refractivity contribution in [1.82, 2.24) is 4.98 Å². The zero-order valence-corrected chi connectivity index (χ0v) is 18.3. The predicted molar refractivity (Wildman–Crippen MR) is 129 cm³/mol. The molecule has 1 unspecified atom stereocenters. The van der Waals surface area contributed by atoms with Gasteiger partial charge in [-0.3, -0.25) is 0 Å². The molecule has 0 amide bonds. The van der Waals surface area contributed by atoms with Crippen LogP contribution in [-0.4, -0.2) is 28.7 Å². The van der Waals surface area contributed by atoms with E-state index in [2.05, 4.69) is 10.6 Å². The first-order chi connectivity index (χ1) is 15.6. The Kier molecular flexibility index (Phi) is 6.52. The van der Waals surface area contributed by atoms with Gasteiger partial charge in [0.25, 0.3) is 0 Å². The van der Waals surface area contributed by atoms with Crippen molar-refractivity contribution in [2.75, 3.05) is 17.2 Å². The highest BCUT2D eigenvalue weighted by Gasteiger charge is 2.18. The minimum atomic E-state index is -0.459. The molecule has 164 valence electrons. The summed E-state index contributed by atoms with van der Waals surface area (Å²) in [6.45, 7) is 3.95. The molecule has 6 nitrogen and oxygen atoms in total. The van der Waals surface area contributed by atoms with Gasteiger partial charge in [-0.25, -0.2) is 9.78 Å². The maximum atomic E-state index is 12.2. The van der Waals surface area contributed by atoms with Gasteiger partial charge in [0, 0.05) is 22.1 Å². The van der Waals surface area contributed by atoms with Crippen LogP contribution in [0.15, 0.2) is 66.7 Å². The fourth-order valence-corrected chi connectivity index (χ4v) is 3.83. The minimum Gasteiger partial charge on any atom is -0.464 e. The molecule has 1 aromatic heterocycles. The van der Waals surface area contributed by atoms with Crippen LogP contribution in [0.4, 0.5) is 17.1 Å². The van der Waals surface area contributed by atoms with E-state index in [1.807, 2.05) is 73.7 Å². The molecule has 0 spiro atoms. The van der Waals surface area contributed by atoms with Gasteiger partial charge in [-0.2, -0.15) is 0 Å². The molecule has 0 bridgehead atoms. The molecule has 3 N–H and O–H groups in total. The second-order valence-electron chi connectivity index (χ2n) is 7.58. The fraction of sp³-hybridized carbons (Fsp3) is 0.231. The molecule has 0 saturated carbocycles. The van der Waals surface area contributed by atoms with E-state index in [0.29, 0.717) is 13.0 Å². The molecule has 0 radical (unpaired) electrons. The zero-order valence-electron chi connectivity index (χ0n) is 18.3. The monoisotopic (exact) mass is 429 g/mol. The van der Waals surface area contributed by atoms with E-state index in [9.17, 15) is 9.90 Å². The standard InChI is InChI=1S/C26H27N3O3/c1-3-22(26(31)32-4-2)27-18-13-17(16-30)14-19(15-18)28-25-20-9-5-7-11-23(20)29-24-12-8-6-10-21(24)25/h5-15,22,27,30H,3-4,16H2,1-2H3,(H,28,29). The third-order valence-electron chi connectivity index (χ3n) is 5.35. The number of aliphatic hydroxyl groups is 1. The van der Waals surface area contributed by atoms with Crippen molar-refractivity contribution in [3.8, 4) is 0 Å². The van der Waals surface area contributed by atoms with Crippen LogP contribution in [0.5, 0.6) is 0 Å². The number of carbonyl (C=O) groups excluding carboxylic acids is 1. The van der Waals surface area contributed by atoms with Crippen molar-refractivity contribution in [2.45, 2.75) is 32.9 Å². The lowest BCUT2D eigenvalue weighted by atomic mass is 10.1. The molecule has 0 aliphatic heterocycles. The van der Waals surface area contributed by atoms with Gasteiger partial charge in [0.05, 0.1) is 29.9 Å². The van der Waals surface area contributed by atoms with Gasteiger partial charge >= 0.3 is 5.97 Å². The first kappa shape index (κ1) is 21.6. The molecule has 0 fully saturated rings. The van der Waals surface area contributed by atoms with Crippen molar-refractivity contribution in [3.63, 3.8) is 0 Å². The van der Waals surface area contributed by atoms with Gasteiger partial charge in [0.1, 0.15) is 6.04 Å². The number of pyridine rings is 1. The summed E-state index contributed by atoms with van der Waals surface area (Å²) >= 11 is 0. The van der Waals surface area contributed by atoms with Crippen LogP contribution in [0.1, 0.15) is 25.8 Å². The maximum Gasteiger partial charge on any atom is 0.328 e. The summed E-state index contributed by atoms with van der Waals surface area (Å²) in [6, 6.07) is 21.2. The maximum absolute atomic E-state index is 12.2. The van der Waals surface area contributed by atoms with E-state index in [4.69, 9.17) is 9.72 Å². The number of fused-ring (bicyclic) bond motifs is 2. The number of hydrogen-bond acceptors (Lipinski definition) is 6. The predicted octanol–water partition coefficient (Wildman–Crippen LogP) is 5.38.